The Labute approximate surface area is 160 Å². The minimum absolute atomic E-state index is 0.106. The first-order chi connectivity index (χ1) is 12.7. The number of ether oxygens (including phenoxy) is 1. The van der Waals surface area contributed by atoms with E-state index in [0.29, 0.717) is 17.5 Å². The summed E-state index contributed by atoms with van der Waals surface area (Å²) >= 11 is 0. The van der Waals surface area contributed by atoms with Gasteiger partial charge in [0.05, 0.1) is 17.0 Å². The van der Waals surface area contributed by atoms with Gasteiger partial charge in [-0.05, 0) is 30.9 Å². The highest BCUT2D eigenvalue weighted by Crippen LogP contribution is 2.41. The number of nitriles is 1. The summed E-state index contributed by atoms with van der Waals surface area (Å²) in [5.74, 6) is -0.407. The predicted molar refractivity (Wildman–Crippen MR) is 104 cm³/mol. The molecule has 2 aromatic carbocycles. The van der Waals surface area contributed by atoms with Crippen molar-refractivity contribution in [2.24, 2.45) is 10.8 Å². The summed E-state index contributed by atoms with van der Waals surface area (Å²) in [6.07, 6.45) is 0.496. The van der Waals surface area contributed by atoms with Crippen molar-refractivity contribution in [3.63, 3.8) is 0 Å². The molecule has 0 aliphatic heterocycles. The Morgan fingerprint density at radius 1 is 0.963 bits per heavy atom. The Balaban J connectivity index is 2.14. The van der Waals surface area contributed by atoms with Crippen LogP contribution in [-0.4, -0.2) is 11.8 Å². The smallest absolute Gasteiger partial charge is 0.311 e. The highest BCUT2D eigenvalue weighted by Gasteiger charge is 2.38. The predicted octanol–water partition coefficient (Wildman–Crippen LogP) is 5.18. The van der Waals surface area contributed by atoms with Crippen LogP contribution in [0.25, 0.3) is 0 Å². The van der Waals surface area contributed by atoms with E-state index < -0.39 is 11.4 Å². The molecule has 140 valence electrons. The van der Waals surface area contributed by atoms with Crippen LogP contribution in [0.4, 0.5) is 0 Å². The molecule has 2 aromatic rings. The molecule has 0 amide bonds. The van der Waals surface area contributed by atoms with Crippen LogP contribution < -0.4 is 4.74 Å². The highest BCUT2D eigenvalue weighted by molar-refractivity contribution is 6.10. The Bertz CT molecular complexity index is 859. The first-order valence-corrected chi connectivity index (χ1v) is 8.99. The van der Waals surface area contributed by atoms with Crippen LogP contribution >= 0.6 is 0 Å². The molecular formula is C23H25NO3. The van der Waals surface area contributed by atoms with Gasteiger partial charge in [-0.2, -0.15) is 5.26 Å². The lowest BCUT2D eigenvalue weighted by Crippen LogP contribution is -2.32. The molecule has 0 radical (unpaired) electrons. The SMILES string of the molecule is CC(C)(C)C(C)(C#N)CCC(=O)Oc1ccccc1C(=O)c1ccccc1. The van der Waals surface area contributed by atoms with E-state index in [2.05, 4.69) is 6.07 Å². The van der Waals surface area contributed by atoms with Gasteiger partial charge in [0.15, 0.2) is 5.78 Å². The molecule has 0 spiro atoms. The van der Waals surface area contributed by atoms with E-state index >= 15 is 0 Å². The van der Waals surface area contributed by atoms with Crippen LogP contribution in [0.1, 0.15) is 56.5 Å². The number of rotatable bonds is 6. The molecule has 0 fully saturated rings. The molecule has 1 unspecified atom stereocenters. The fraction of sp³-hybridized carbons (Fsp3) is 0.348. The van der Waals surface area contributed by atoms with Gasteiger partial charge in [0.2, 0.25) is 0 Å². The molecule has 1 atom stereocenters. The van der Waals surface area contributed by atoms with Crippen molar-refractivity contribution in [1.82, 2.24) is 0 Å². The fourth-order valence-electron chi connectivity index (χ4n) is 2.61. The molecule has 0 aromatic heterocycles. The third kappa shape index (κ3) is 4.83. The lowest BCUT2D eigenvalue weighted by atomic mass is 9.66. The van der Waals surface area contributed by atoms with E-state index in [9.17, 15) is 14.9 Å². The van der Waals surface area contributed by atoms with Crippen LogP contribution in [0.5, 0.6) is 5.75 Å². The van der Waals surface area contributed by atoms with E-state index in [0.717, 1.165) is 0 Å². The number of nitrogens with zero attached hydrogens (tertiary/aromatic N) is 1. The summed E-state index contributed by atoms with van der Waals surface area (Å²) in [5.41, 5.74) is -0.0315. The fourth-order valence-corrected chi connectivity index (χ4v) is 2.61. The molecule has 0 saturated heterocycles. The van der Waals surface area contributed by atoms with E-state index in [1.807, 2.05) is 33.8 Å². The van der Waals surface area contributed by atoms with Crippen LogP contribution in [0.15, 0.2) is 54.6 Å². The average molecular weight is 363 g/mol. The maximum Gasteiger partial charge on any atom is 0.311 e. The molecular weight excluding hydrogens is 338 g/mol. The Morgan fingerprint density at radius 2 is 1.56 bits per heavy atom. The Hall–Kier alpha value is -2.93. The summed E-state index contributed by atoms with van der Waals surface area (Å²) in [6.45, 7) is 7.80. The summed E-state index contributed by atoms with van der Waals surface area (Å²) < 4.78 is 5.47. The van der Waals surface area contributed by atoms with Gasteiger partial charge in [0, 0.05) is 12.0 Å². The van der Waals surface area contributed by atoms with Crippen molar-refractivity contribution in [2.75, 3.05) is 0 Å². The minimum atomic E-state index is -0.647. The standard InChI is InChI=1S/C23H25NO3/c1-22(2,3)23(4,16-24)15-14-20(25)27-19-13-9-8-12-18(19)21(26)17-10-6-5-7-11-17/h5-13H,14-15H2,1-4H3. The van der Waals surface area contributed by atoms with Crippen molar-refractivity contribution >= 4 is 11.8 Å². The van der Waals surface area contributed by atoms with E-state index in [4.69, 9.17) is 4.74 Å². The quantitative estimate of drug-likeness (QED) is 0.403. The third-order valence-electron chi connectivity index (χ3n) is 5.12. The second kappa shape index (κ2) is 8.18. The van der Waals surface area contributed by atoms with Gasteiger partial charge in [-0.3, -0.25) is 9.59 Å². The molecule has 0 aliphatic carbocycles. The first kappa shape index (κ1) is 20.4. The number of ketones is 1. The van der Waals surface area contributed by atoms with Crippen molar-refractivity contribution in [3.8, 4) is 11.8 Å². The van der Waals surface area contributed by atoms with Crippen LogP contribution in [0.3, 0.4) is 0 Å². The molecule has 2 rings (SSSR count). The van der Waals surface area contributed by atoms with Gasteiger partial charge >= 0.3 is 5.97 Å². The number of carbonyl (C=O) groups excluding carboxylic acids is 2. The monoisotopic (exact) mass is 363 g/mol. The minimum Gasteiger partial charge on any atom is -0.426 e. The number of carbonyl (C=O) groups is 2. The van der Waals surface area contributed by atoms with Crippen molar-refractivity contribution in [1.29, 1.82) is 5.26 Å². The topological polar surface area (TPSA) is 67.2 Å². The van der Waals surface area contributed by atoms with Gasteiger partial charge in [-0.1, -0.05) is 63.2 Å². The number of esters is 1. The largest absolute Gasteiger partial charge is 0.426 e. The molecule has 4 heteroatoms. The molecule has 27 heavy (non-hydrogen) atoms. The van der Waals surface area contributed by atoms with Crippen LogP contribution in [-0.2, 0) is 4.79 Å². The maximum atomic E-state index is 12.7. The zero-order valence-corrected chi connectivity index (χ0v) is 16.3. The van der Waals surface area contributed by atoms with Crippen LogP contribution in [0.2, 0.25) is 0 Å². The van der Waals surface area contributed by atoms with Crippen molar-refractivity contribution in [2.45, 2.75) is 40.5 Å². The van der Waals surface area contributed by atoms with Gasteiger partial charge in [-0.15, -0.1) is 0 Å². The second-order valence-electron chi connectivity index (χ2n) is 7.86. The zero-order valence-electron chi connectivity index (χ0n) is 16.3. The molecule has 4 nitrogen and oxygen atoms in total. The second-order valence-corrected chi connectivity index (χ2v) is 7.86. The maximum absolute atomic E-state index is 12.7. The van der Waals surface area contributed by atoms with Crippen LogP contribution in [0, 0.1) is 22.2 Å². The molecule has 0 aliphatic rings. The molecule has 0 N–H and O–H groups in total. The van der Waals surface area contributed by atoms with Gasteiger partial charge < -0.3 is 4.74 Å². The number of benzene rings is 2. The van der Waals surface area contributed by atoms with E-state index in [1.54, 1.807) is 48.5 Å². The van der Waals surface area contributed by atoms with Gasteiger partial charge in [0.1, 0.15) is 5.75 Å². The Kier molecular flexibility index (Phi) is 6.17. The molecule has 0 saturated carbocycles. The van der Waals surface area contributed by atoms with Gasteiger partial charge in [-0.25, -0.2) is 0 Å². The normalized spacial score (nSPS) is 13.3. The average Bonchev–Trinajstić information content (AvgIpc) is 2.65. The summed E-state index contributed by atoms with van der Waals surface area (Å²) in [6, 6.07) is 17.9. The number of hydrogen-bond acceptors (Lipinski definition) is 4. The first-order valence-electron chi connectivity index (χ1n) is 8.99. The van der Waals surface area contributed by atoms with E-state index in [-0.39, 0.29) is 23.4 Å². The van der Waals surface area contributed by atoms with Gasteiger partial charge in [0.25, 0.3) is 0 Å². The highest BCUT2D eigenvalue weighted by atomic mass is 16.5. The molecule has 0 heterocycles. The van der Waals surface area contributed by atoms with Crippen molar-refractivity contribution in [3.05, 3.63) is 65.7 Å². The summed E-state index contributed by atoms with van der Waals surface area (Å²) in [7, 11) is 0. The molecule has 0 bridgehead atoms. The number of para-hydroxylation sites is 1. The van der Waals surface area contributed by atoms with E-state index in [1.165, 1.54) is 0 Å². The van der Waals surface area contributed by atoms with Crippen molar-refractivity contribution < 1.29 is 14.3 Å². The lowest BCUT2D eigenvalue weighted by Gasteiger charge is -2.35. The lowest BCUT2D eigenvalue weighted by molar-refractivity contribution is -0.135. The number of hydrogen-bond donors (Lipinski definition) is 0. The third-order valence-corrected chi connectivity index (χ3v) is 5.12. The summed E-state index contributed by atoms with van der Waals surface area (Å²) in [4.78, 5) is 25.1. The Morgan fingerprint density at radius 3 is 2.15 bits per heavy atom. The zero-order chi connectivity index (χ0) is 20.1. The summed E-state index contributed by atoms with van der Waals surface area (Å²) in [5, 5.41) is 9.52.